The monoisotopic (exact) mass is 517 g/mol. The van der Waals surface area contributed by atoms with Gasteiger partial charge in [-0.15, -0.1) is 0 Å². The Morgan fingerprint density at radius 3 is 2.32 bits per heavy atom. The molecule has 5 atom stereocenters. The van der Waals surface area contributed by atoms with E-state index in [1.54, 1.807) is 12.1 Å². The lowest BCUT2D eigenvalue weighted by Gasteiger charge is -2.39. The molecule has 180 valence electrons. The van der Waals surface area contributed by atoms with Crippen molar-refractivity contribution < 1.29 is 4.79 Å². The van der Waals surface area contributed by atoms with Gasteiger partial charge in [-0.3, -0.25) is 9.80 Å². The first-order valence-corrected chi connectivity index (χ1v) is 13.1. The van der Waals surface area contributed by atoms with Crippen LogP contribution >= 0.6 is 34.8 Å². The molecule has 0 aromatic heterocycles. The van der Waals surface area contributed by atoms with E-state index in [1.165, 1.54) is 6.42 Å². The summed E-state index contributed by atoms with van der Waals surface area (Å²) in [6, 6.07) is 13.0. The third kappa shape index (κ3) is 3.65. The summed E-state index contributed by atoms with van der Waals surface area (Å²) in [7, 11) is 0. The highest BCUT2D eigenvalue weighted by atomic mass is 35.5. The van der Waals surface area contributed by atoms with Crippen LogP contribution in [0.3, 0.4) is 0 Å². The minimum Gasteiger partial charge on any atom is -0.348 e. The number of anilines is 1. The zero-order chi connectivity index (χ0) is 24.4. The summed E-state index contributed by atoms with van der Waals surface area (Å²) >= 11 is 18.9. The van der Waals surface area contributed by atoms with Crippen molar-refractivity contribution in [3.05, 3.63) is 63.1 Å². The highest BCUT2D eigenvalue weighted by Gasteiger charge is 2.61. The minimum absolute atomic E-state index is 0.0892. The quantitative estimate of drug-likeness (QED) is 0.454. The first-order valence-electron chi connectivity index (χ1n) is 11.9. The predicted molar refractivity (Wildman–Crippen MR) is 141 cm³/mol. The van der Waals surface area contributed by atoms with Crippen LogP contribution in [-0.4, -0.2) is 17.7 Å². The highest BCUT2D eigenvalue weighted by molar-refractivity contribution is 6.41. The molecule has 1 heterocycles. The fraction of sp³-hybridized carbons (Fsp3) is 0.481. The minimum atomic E-state index is -0.191. The van der Waals surface area contributed by atoms with E-state index in [0.717, 1.165) is 18.4 Å². The molecule has 0 unspecified atom stereocenters. The molecule has 2 aromatic rings. The Hall–Kier alpha value is -1.75. The Labute approximate surface area is 216 Å². The molecule has 2 saturated carbocycles. The van der Waals surface area contributed by atoms with Crippen molar-refractivity contribution in [2.45, 2.75) is 59.0 Å². The normalized spacial score (nSPS) is 31.6. The molecule has 2 fully saturated rings. The lowest BCUT2D eigenvalue weighted by molar-refractivity contribution is -0.116. The number of carbonyl (C=O) groups is 1. The van der Waals surface area contributed by atoms with Crippen LogP contribution in [-0.2, 0) is 4.79 Å². The molecule has 7 heteroatoms. The second-order valence-corrected chi connectivity index (χ2v) is 12.1. The lowest BCUT2D eigenvalue weighted by atomic mass is 9.69. The van der Waals surface area contributed by atoms with Crippen LogP contribution in [0.2, 0.25) is 15.1 Å². The van der Waals surface area contributed by atoms with E-state index < -0.39 is 0 Å². The van der Waals surface area contributed by atoms with Gasteiger partial charge in [-0.2, -0.15) is 5.10 Å². The second-order valence-electron chi connectivity index (χ2n) is 10.8. The van der Waals surface area contributed by atoms with E-state index in [-0.39, 0.29) is 34.7 Å². The smallest absolute Gasteiger partial charge is 0.268 e. The number of amides is 1. The van der Waals surface area contributed by atoms with Crippen molar-refractivity contribution >= 4 is 52.1 Å². The number of hydrazone groups is 1. The van der Waals surface area contributed by atoms with Crippen molar-refractivity contribution in [3.63, 3.8) is 0 Å². The largest absolute Gasteiger partial charge is 0.348 e. The van der Waals surface area contributed by atoms with Gasteiger partial charge in [-0.25, -0.2) is 0 Å². The highest BCUT2D eigenvalue weighted by Crippen LogP contribution is 2.65. The van der Waals surface area contributed by atoms with Crippen LogP contribution in [0.15, 0.2) is 47.6 Å². The molecule has 2 aliphatic carbocycles. The summed E-state index contributed by atoms with van der Waals surface area (Å²) in [5, 5.41) is 11.8. The number of nitrogens with one attached hydrogen (secondary N) is 1. The summed E-state index contributed by atoms with van der Waals surface area (Å²) in [5.41, 5.74) is 2.58. The van der Waals surface area contributed by atoms with Gasteiger partial charge in [0.1, 0.15) is 5.71 Å². The maximum atomic E-state index is 13.6. The number of hydrogen-bond acceptors (Lipinski definition) is 3. The maximum absolute atomic E-state index is 13.6. The standard InChI is InChI=1S/C27H30Cl3N3O/c1-15-23(25(34)31-22-13-17-11-12-27(22,4)26(17,2)3)32-33(21-10-9-19(29)14-20(21)30)24(15)16-5-7-18(28)8-6-16/h5-10,14-15,17,22,24H,11-13H2,1-4H3,(H,31,34)/t15-,17+,22-,24+,27-/m0/s1. The summed E-state index contributed by atoms with van der Waals surface area (Å²) < 4.78 is 0. The first-order chi connectivity index (χ1) is 16.0. The number of benzene rings is 2. The number of hydrogen-bond donors (Lipinski definition) is 1. The molecule has 5 rings (SSSR count). The summed E-state index contributed by atoms with van der Waals surface area (Å²) in [6.07, 6.45) is 3.43. The van der Waals surface area contributed by atoms with Crippen LogP contribution in [0.25, 0.3) is 0 Å². The molecule has 2 bridgehead atoms. The molecular formula is C27H30Cl3N3O. The van der Waals surface area contributed by atoms with Crippen LogP contribution in [0.5, 0.6) is 0 Å². The molecule has 0 saturated heterocycles. The Morgan fingerprint density at radius 2 is 1.74 bits per heavy atom. The van der Waals surface area contributed by atoms with Crippen LogP contribution in [0, 0.1) is 22.7 Å². The van der Waals surface area contributed by atoms with Crippen LogP contribution in [0.1, 0.15) is 58.6 Å². The molecule has 0 spiro atoms. The molecule has 34 heavy (non-hydrogen) atoms. The predicted octanol–water partition coefficient (Wildman–Crippen LogP) is 7.53. The van der Waals surface area contributed by atoms with E-state index in [0.29, 0.717) is 32.4 Å². The number of nitrogens with zero attached hydrogens (tertiary/aromatic N) is 2. The molecular weight excluding hydrogens is 489 g/mol. The third-order valence-corrected chi connectivity index (χ3v) is 9.87. The van der Waals surface area contributed by atoms with Crippen molar-refractivity contribution in [2.24, 2.45) is 27.8 Å². The average molecular weight is 519 g/mol. The zero-order valence-electron chi connectivity index (χ0n) is 19.9. The van der Waals surface area contributed by atoms with E-state index in [9.17, 15) is 4.79 Å². The van der Waals surface area contributed by atoms with Crippen LogP contribution in [0.4, 0.5) is 5.69 Å². The fourth-order valence-corrected chi connectivity index (χ4v) is 7.12. The summed E-state index contributed by atoms with van der Waals surface area (Å²) in [6.45, 7) is 9.09. The van der Waals surface area contributed by atoms with E-state index in [1.807, 2.05) is 42.3 Å². The van der Waals surface area contributed by atoms with Crippen molar-refractivity contribution in [1.82, 2.24) is 5.32 Å². The van der Waals surface area contributed by atoms with Crippen molar-refractivity contribution in [2.75, 3.05) is 5.01 Å². The molecule has 1 aliphatic heterocycles. The Bertz CT molecular complexity index is 1160. The first kappa shape index (κ1) is 24.0. The molecule has 1 N–H and O–H groups in total. The molecule has 0 radical (unpaired) electrons. The van der Waals surface area contributed by atoms with Crippen molar-refractivity contribution in [3.8, 4) is 0 Å². The second kappa shape index (κ2) is 8.43. The molecule has 3 aliphatic rings. The SMILES string of the molecule is C[C@H]1C(C(=O)N[C@H]2C[C@H]3CC[C@]2(C)C3(C)C)=NN(c2ccc(Cl)cc2Cl)[C@H]1c1ccc(Cl)cc1. The topological polar surface area (TPSA) is 44.7 Å². The van der Waals surface area contributed by atoms with Gasteiger partial charge in [-0.1, -0.05) is 74.6 Å². The van der Waals surface area contributed by atoms with Gasteiger partial charge in [0.15, 0.2) is 0 Å². The third-order valence-electron chi connectivity index (χ3n) is 9.08. The maximum Gasteiger partial charge on any atom is 0.268 e. The molecule has 2 aromatic carbocycles. The van der Waals surface area contributed by atoms with Gasteiger partial charge in [-0.05, 0) is 71.9 Å². The van der Waals surface area contributed by atoms with Gasteiger partial charge in [0.05, 0.1) is 16.8 Å². The van der Waals surface area contributed by atoms with Crippen LogP contribution < -0.4 is 10.3 Å². The van der Waals surface area contributed by atoms with Gasteiger partial charge in [0.25, 0.3) is 5.91 Å². The Kier molecular flexibility index (Phi) is 5.94. The average Bonchev–Trinajstić information content (AvgIpc) is 3.29. The van der Waals surface area contributed by atoms with Gasteiger partial charge in [0, 0.05) is 22.0 Å². The number of rotatable bonds is 4. The van der Waals surface area contributed by atoms with E-state index in [2.05, 4.69) is 26.1 Å². The summed E-state index contributed by atoms with van der Waals surface area (Å²) in [4.78, 5) is 13.6. The van der Waals surface area contributed by atoms with Crippen molar-refractivity contribution in [1.29, 1.82) is 0 Å². The Morgan fingerprint density at radius 1 is 1.06 bits per heavy atom. The zero-order valence-corrected chi connectivity index (χ0v) is 22.2. The summed E-state index contributed by atoms with van der Waals surface area (Å²) in [5.74, 6) is 0.415. The number of carbonyl (C=O) groups excluding carboxylic acids is 1. The molecule has 4 nitrogen and oxygen atoms in total. The molecule has 1 amide bonds. The van der Waals surface area contributed by atoms with Gasteiger partial charge < -0.3 is 5.32 Å². The van der Waals surface area contributed by atoms with Gasteiger partial charge in [0.2, 0.25) is 0 Å². The fourth-order valence-electron chi connectivity index (χ4n) is 6.50. The van der Waals surface area contributed by atoms with E-state index >= 15 is 0 Å². The number of halogens is 3. The number of fused-ring (bicyclic) bond motifs is 2. The van der Waals surface area contributed by atoms with E-state index in [4.69, 9.17) is 39.9 Å². The lowest BCUT2D eigenvalue weighted by Crippen LogP contribution is -2.49. The Balaban J connectivity index is 1.48. The van der Waals surface area contributed by atoms with Gasteiger partial charge >= 0.3 is 0 Å².